The fraction of sp³-hybridized carbons (Fsp3) is 0.278. The van der Waals surface area contributed by atoms with Crippen LogP contribution in [0.15, 0.2) is 48.5 Å². The molecule has 0 bridgehead atoms. The van der Waals surface area contributed by atoms with Crippen molar-refractivity contribution in [1.29, 1.82) is 0 Å². The number of amides is 1. The Morgan fingerprint density at radius 3 is 2.52 bits per heavy atom. The molecule has 0 radical (unpaired) electrons. The topological polar surface area (TPSA) is 45.7 Å². The number of benzene rings is 2. The molecule has 0 fully saturated rings. The lowest BCUT2D eigenvalue weighted by Crippen LogP contribution is -2.87. The number of halogens is 2. The number of quaternary nitrogens is 1. The van der Waals surface area contributed by atoms with Gasteiger partial charge in [-0.3, -0.25) is 4.79 Å². The molecule has 2 aromatic rings. The molecule has 0 unspecified atom stereocenters. The van der Waals surface area contributed by atoms with Crippen molar-refractivity contribution in [2.24, 2.45) is 0 Å². The van der Waals surface area contributed by atoms with Crippen molar-refractivity contribution in [3.8, 4) is 0 Å². The van der Waals surface area contributed by atoms with Gasteiger partial charge in [-0.15, -0.1) is 0 Å². The lowest BCUT2D eigenvalue weighted by atomic mass is 10.1. The van der Waals surface area contributed by atoms with Crippen LogP contribution in [0.1, 0.15) is 24.1 Å². The van der Waals surface area contributed by atoms with Crippen LogP contribution in [-0.4, -0.2) is 19.0 Å². The fourth-order valence-corrected chi connectivity index (χ4v) is 2.76. The van der Waals surface area contributed by atoms with E-state index in [0.29, 0.717) is 13.1 Å². The summed E-state index contributed by atoms with van der Waals surface area (Å²) >= 11 is 12.0. The third kappa shape index (κ3) is 5.87. The normalized spacial score (nSPS) is 12.0. The summed E-state index contributed by atoms with van der Waals surface area (Å²) in [5.74, 6) is 0.0258. The van der Waals surface area contributed by atoms with Gasteiger partial charge >= 0.3 is 0 Å². The van der Waals surface area contributed by atoms with Crippen LogP contribution in [0.5, 0.6) is 0 Å². The quantitative estimate of drug-likeness (QED) is 0.791. The minimum absolute atomic E-state index is 0.0258. The van der Waals surface area contributed by atoms with E-state index in [9.17, 15) is 4.79 Å². The molecule has 122 valence electrons. The third-order valence-corrected chi connectivity index (χ3v) is 4.30. The number of hydrogen-bond donors (Lipinski definition) is 2. The van der Waals surface area contributed by atoms with Crippen molar-refractivity contribution in [3.63, 3.8) is 0 Å². The lowest BCUT2D eigenvalue weighted by molar-refractivity contribution is -0.682. The van der Waals surface area contributed by atoms with Crippen LogP contribution in [0.25, 0.3) is 0 Å². The molecule has 0 saturated carbocycles. The second-order valence-electron chi connectivity index (χ2n) is 5.48. The van der Waals surface area contributed by atoms with Gasteiger partial charge in [0.05, 0.1) is 0 Å². The van der Waals surface area contributed by atoms with E-state index < -0.39 is 0 Å². The monoisotopic (exact) mass is 351 g/mol. The summed E-state index contributed by atoms with van der Waals surface area (Å²) in [4.78, 5) is 11.9. The molecular weight excluding hydrogens is 331 g/mol. The smallest absolute Gasteiger partial charge is 0.275 e. The molecule has 3 nitrogen and oxygen atoms in total. The summed E-state index contributed by atoms with van der Waals surface area (Å²) in [5.41, 5.74) is 2.20. The van der Waals surface area contributed by atoms with Crippen LogP contribution in [0, 0.1) is 0 Å². The summed E-state index contributed by atoms with van der Waals surface area (Å²) in [6.07, 6.45) is 0.795. The molecule has 0 heterocycles. The van der Waals surface area contributed by atoms with E-state index in [1.807, 2.05) is 60.8 Å². The van der Waals surface area contributed by atoms with Gasteiger partial charge in [0.2, 0.25) is 0 Å². The number of hydrogen-bond acceptors (Lipinski definition) is 1. The highest BCUT2D eigenvalue weighted by Crippen LogP contribution is 2.19. The van der Waals surface area contributed by atoms with Gasteiger partial charge in [0.15, 0.2) is 6.54 Å². The van der Waals surface area contributed by atoms with Gasteiger partial charge in [-0.25, -0.2) is 0 Å². The van der Waals surface area contributed by atoms with Gasteiger partial charge in [-0.1, -0.05) is 53.5 Å². The van der Waals surface area contributed by atoms with Crippen LogP contribution in [-0.2, 0) is 11.2 Å². The Bertz CT molecular complexity index is 644. The summed E-state index contributed by atoms with van der Waals surface area (Å²) in [6, 6.07) is 15.5. The summed E-state index contributed by atoms with van der Waals surface area (Å²) in [6.45, 7) is 3.05. The second-order valence-corrected chi connectivity index (χ2v) is 6.32. The van der Waals surface area contributed by atoms with Gasteiger partial charge in [-0.2, -0.15) is 0 Å². The first kappa shape index (κ1) is 17.8. The average Bonchev–Trinajstić information content (AvgIpc) is 2.55. The van der Waals surface area contributed by atoms with Gasteiger partial charge in [0.25, 0.3) is 5.91 Å². The SMILES string of the molecule is C[C@@H]([NH2+]CC(=O)NCCc1ccc(Cl)cc1)c1ccccc1Cl. The van der Waals surface area contributed by atoms with E-state index in [4.69, 9.17) is 23.2 Å². The minimum atomic E-state index is 0.0258. The first-order valence-electron chi connectivity index (χ1n) is 7.65. The highest BCUT2D eigenvalue weighted by Gasteiger charge is 2.13. The van der Waals surface area contributed by atoms with Crippen LogP contribution in [0.3, 0.4) is 0 Å². The Labute approximate surface area is 147 Å². The Balaban J connectivity index is 1.71. The van der Waals surface area contributed by atoms with Gasteiger partial charge in [-0.05, 0) is 37.1 Å². The molecule has 2 rings (SSSR count). The number of nitrogens with two attached hydrogens (primary N) is 1. The Hall–Kier alpha value is -1.55. The van der Waals surface area contributed by atoms with Crippen molar-refractivity contribution in [2.45, 2.75) is 19.4 Å². The molecule has 0 aliphatic rings. The maximum Gasteiger partial charge on any atom is 0.275 e. The minimum Gasteiger partial charge on any atom is -0.351 e. The van der Waals surface area contributed by atoms with Crippen LogP contribution in [0.2, 0.25) is 10.0 Å². The zero-order valence-electron chi connectivity index (χ0n) is 13.1. The third-order valence-electron chi connectivity index (χ3n) is 3.70. The zero-order chi connectivity index (χ0) is 16.7. The predicted molar refractivity (Wildman–Crippen MR) is 94.8 cm³/mol. The van der Waals surface area contributed by atoms with Gasteiger partial charge in [0, 0.05) is 22.2 Å². The van der Waals surface area contributed by atoms with E-state index >= 15 is 0 Å². The first-order valence-corrected chi connectivity index (χ1v) is 8.41. The molecule has 5 heteroatoms. The molecule has 2 aromatic carbocycles. The van der Waals surface area contributed by atoms with Crippen LogP contribution < -0.4 is 10.6 Å². The predicted octanol–water partition coefficient (Wildman–Crippen LogP) is 2.98. The lowest BCUT2D eigenvalue weighted by Gasteiger charge is -2.12. The number of carbonyl (C=O) groups excluding carboxylic acids is 1. The van der Waals surface area contributed by atoms with E-state index in [1.54, 1.807) is 0 Å². The highest BCUT2D eigenvalue weighted by atomic mass is 35.5. The standard InChI is InChI=1S/C18H20Cl2N2O/c1-13(16-4-2-3-5-17(16)20)22-12-18(23)21-11-10-14-6-8-15(19)9-7-14/h2-9,13,22H,10-12H2,1H3,(H,21,23)/p+1/t13-/m1/s1. The van der Waals surface area contributed by atoms with Crippen LogP contribution in [0.4, 0.5) is 0 Å². The second kappa shape index (κ2) is 8.92. The number of nitrogens with one attached hydrogen (secondary N) is 1. The molecule has 0 spiro atoms. The van der Waals surface area contributed by atoms with E-state index in [1.165, 1.54) is 0 Å². The summed E-state index contributed by atoms with van der Waals surface area (Å²) in [5, 5.41) is 6.37. The largest absolute Gasteiger partial charge is 0.351 e. The Morgan fingerprint density at radius 2 is 1.83 bits per heavy atom. The highest BCUT2D eigenvalue weighted by molar-refractivity contribution is 6.31. The molecule has 23 heavy (non-hydrogen) atoms. The average molecular weight is 352 g/mol. The van der Waals surface area contributed by atoms with Crippen molar-refractivity contribution in [2.75, 3.05) is 13.1 Å². The molecule has 1 amide bonds. The number of rotatable bonds is 7. The molecule has 0 saturated heterocycles. The van der Waals surface area contributed by atoms with Gasteiger partial charge < -0.3 is 10.6 Å². The molecular formula is C18H21Cl2N2O+. The molecule has 0 aliphatic heterocycles. The van der Waals surface area contributed by atoms with Crippen molar-refractivity contribution in [1.82, 2.24) is 5.32 Å². The molecule has 3 N–H and O–H groups in total. The van der Waals surface area contributed by atoms with E-state index in [2.05, 4.69) is 5.32 Å². The summed E-state index contributed by atoms with van der Waals surface area (Å²) < 4.78 is 0. The van der Waals surface area contributed by atoms with E-state index in [0.717, 1.165) is 27.6 Å². The van der Waals surface area contributed by atoms with Gasteiger partial charge in [0.1, 0.15) is 6.04 Å². The fourth-order valence-electron chi connectivity index (χ4n) is 2.32. The molecule has 0 aliphatic carbocycles. The van der Waals surface area contributed by atoms with Crippen molar-refractivity contribution >= 4 is 29.1 Å². The maximum atomic E-state index is 11.9. The first-order chi connectivity index (χ1) is 11.1. The van der Waals surface area contributed by atoms with Crippen LogP contribution >= 0.6 is 23.2 Å². The number of carbonyl (C=O) groups is 1. The summed E-state index contributed by atoms with van der Waals surface area (Å²) in [7, 11) is 0. The molecule has 1 atom stereocenters. The van der Waals surface area contributed by atoms with E-state index in [-0.39, 0.29) is 11.9 Å². The molecule has 0 aromatic heterocycles. The Morgan fingerprint density at radius 1 is 1.13 bits per heavy atom. The van der Waals surface area contributed by atoms with Crippen molar-refractivity contribution in [3.05, 3.63) is 69.7 Å². The Kier molecular flexibility index (Phi) is 6.90. The zero-order valence-corrected chi connectivity index (χ0v) is 14.6. The maximum absolute atomic E-state index is 11.9. The van der Waals surface area contributed by atoms with Crippen molar-refractivity contribution < 1.29 is 10.1 Å².